The monoisotopic (exact) mass is 312 g/mol. The average molecular weight is 312 g/mol. The topological polar surface area (TPSA) is 74.3 Å². The molecule has 118 valence electrons. The maximum Gasteiger partial charge on any atom is 0.301 e. The lowest BCUT2D eigenvalue weighted by molar-refractivity contribution is 0.264. The van der Waals surface area contributed by atoms with Crippen LogP contribution in [0.3, 0.4) is 0 Å². The maximum atomic E-state index is 12.5. The van der Waals surface area contributed by atoms with Crippen LogP contribution in [0.1, 0.15) is 24.2 Å². The Labute approximate surface area is 127 Å². The van der Waals surface area contributed by atoms with Crippen molar-refractivity contribution in [3.63, 3.8) is 0 Å². The number of aryl methyl sites for hydroxylation is 2. The Bertz CT molecular complexity index is 587. The van der Waals surface area contributed by atoms with E-state index in [9.17, 15) is 8.42 Å². The molecule has 1 unspecified atom stereocenters. The van der Waals surface area contributed by atoms with E-state index in [2.05, 4.69) is 15.0 Å². The Balaban J connectivity index is 2.10. The highest BCUT2D eigenvalue weighted by Gasteiger charge is 2.28. The van der Waals surface area contributed by atoms with Crippen LogP contribution in [0, 0.1) is 19.8 Å². The van der Waals surface area contributed by atoms with Crippen LogP contribution in [0.2, 0.25) is 0 Å². The molecule has 2 heterocycles. The normalized spacial score (nSPS) is 20.4. The van der Waals surface area contributed by atoms with Crippen LogP contribution >= 0.6 is 0 Å². The number of aromatic nitrogens is 1. The van der Waals surface area contributed by atoms with Gasteiger partial charge < -0.3 is 5.32 Å². The number of anilines is 1. The maximum absolute atomic E-state index is 12.5. The van der Waals surface area contributed by atoms with Gasteiger partial charge in [-0.15, -0.1) is 0 Å². The number of rotatable bonds is 5. The summed E-state index contributed by atoms with van der Waals surface area (Å²) in [5, 5.41) is 3.12. The highest BCUT2D eigenvalue weighted by Crippen LogP contribution is 2.21. The van der Waals surface area contributed by atoms with Gasteiger partial charge in [0.05, 0.1) is 11.4 Å². The molecule has 0 aliphatic carbocycles. The fraction of sp³-hybridized carbons (Fsp3) is 0.643. The third-order valence-electron chi connectivity index (χ3n) is 3.78. The van der Waals surface area contributed by atoms with Crippen molar-refractivity contribution < 1.29 is 8.42 Å². The molecule has 1 atom stereocenters. The number of nitrogens with one attached hydrogen (secondary N) is 2. The van der Waals surface area contributed by atoms with Crippen molar-refractivity contribution in [3.05, 3.63) is 23.5 Å². The second-order valence-corrected chi connectivity index (χ2v) is 7.29. The fourth-order valence-corrected chi connectivity index (χ4v) is 4.10. The summed E-state index contributed by atoms with van der Waals surface area (Å²) in [6.45, 7) is 5.68. The minimum absolute atomic E-state index is 0.373. The molecule has 1 aliphatic rings. The summed E-state index contributed by atoms with van der Waals surface area (Å²) in [6, 6.07) is 3.58. The number of nitrogens with zero attached hydrogens (tertiary/aromatic N) is 2. The third kappa shape index (κ3) is 4.15. The van der Waals surface area contributed by atoms with Gasteiger partial charge in [-0.1, -0.05) is 0 Å². The Morgan fingerprint density at radius 1 is 1.38 bits per heavy atom. The Morgan fingerprint density at radius 3 is 2.81 bits per heavy atom. The number of hydrogen-bond donors (Lipinski definition) is 2. The zero-order valence-electron chi connectivity index (χ0n) is 12.9. The van der Waals surface area contributed by atoms with Crippen molar-refractivity contribution in [2.45, 2.75) is 26.7 Å². The van der Waals surface area contributed by atoms with E-state index in [0.29, 0.717) is 30.4 Å². The summed E-state index contributed by atoms with van der Waals surface area (Å²) in [6.07, 6.45) is 1.97. The number of pyridine rings is 1. The molecule has 6 nitrogen and oxygen atoms in total. The first-order chi connectivity index (χ1) is 9.92. The van der Waals surface area contributed by atoms with E-state index < -0.39 is 10.2 Å². The van der Waals surface area contributed by atoms with E-state index in [1.165, 1.54) is 4.31 Å². The molecule has 1 fully saturated rings. The summed E-state index contributed by atoms with van der Waals surface area (Å²) in [4.78, 5) is 4.29. The van der Waals surface area contributed by atoms with Crippen molar-refractivity contribution in [1.29, 1.82) is 0 Å². The highest BCUT2D eigenvalue weighted by atomic mass is 32.2. The summed E-state index contributed by atoms with van der Waals surface area (Å²) < 4.78 is 29.2. The van der Waals surface area contributed by atoms with E-state index in [1.807, 2.05) is 27.0 Å². The van der Waals surface area contributed by atoms with Crippen LogP contribution in [0.25, 0.3) is 0 Å². The molecule has 0 spiro atoms. The molecule has 1 aliphatic heterocycles. The predicted molar refractivity (Wildman–Crippen MR) is 84.5 cm³/mol. The average Bonchev–Trinajstić information content (AvgIpc) is 2.43. The SMILES string of the molecule is CNCC1CCCN(S(=O)(=O)Nc2ccc(C)nc2C)C1. The van der Waals surface area contributed by atoms with Crippen molar-refractivity contribution in [2.24, 2.45) is 5.92 Å². The van der Waals surface area contributed by atoms with Crippen LogP contribution in [0.4, 0.5) is 5.69 Å². The quantitative estimate of drug-likeness (QED) is 0.859. The highest BCUT2D eigenvalue weighted by molar-refractivity contribution is 7.90. The number of hydrogen-bond acceptors (Lipinski definition) is 4. The van der Waals surface area contributed by atoms with Gasteiger partial charge in [0.25, 0.3) is 0 Å². The first kappa shape index (κ1) is 16.2. The van der Waals surface area contributed by atoms with Gasteiger partial charge >= 0.3 is 10.2 Å². The van der Waals surface area contributed by atoms with Crippen LogP contribution in [-0.2, 0) is 10.2 Å². The summed E-state index contributed by atoms with van der Waals surface area (Å²) in [5.41, 5.74) is 2.13. The van der Waals surface area contributed by atoms with E-state index in [-0.39, 0.29) is 0 Å². The van der Waals surface area contributed by atoms with E-state index in [4.69, 9.17) is 0 Å². The lowest BCUT2D eigenvalue weighted by Gasteiger charge is -2.32. The van der Waals surface area contributed by atoms with Crippen molar-refractivity contribution in [1.82, 2.24) is 14.6 Å². The first-order valence-electron chi connectivity index (χ1n) is 7.29. The molecule has 1 saturated heterocycles. The third-order valence-corrected chi connectivity index (χ3v) is 5.27. The largest absolute Gasteiger partial charge is 0.319 e. The lowest BCUT2D eigenvalue weighted by Crippen LogP contribution is -2.44. The number of piperidine rings is 1. The molecule has 0 bridgehead atoms. The van der Waals surface area contributed by atoms with Gasteiger partial charge in [-0.2, -0.15) is 12.7 Å². The Morgan fingerprint density at radius 2 is 2.14 bits per heavy atom. The molecule has 1 aromatic rings. The van der Waals surface area contributed by atoms with Gasteiger partial charge in [-0.3, -0.25) is 9.71 Å². The second-order valence-electron chi connectivity index (χ2n) is 5.62. The summed E-state index contributed by atoms with van der Waals surface area (Å²) >= 11 is 0. The Hall–Kier alpha value is -1.18. The van der Waals surface area contributed by atoms with Crippen LogP contribution in [0.15, 0.2) is 12.1 Å². The smallest absolute Gasteiger partial charge is 0.301 e. The first-order valence-corrected chi connectivity index (χ1v) is 8.73. The van der Waals surface area contributed by atoms with Gasteiger partial charge in [-0.05, 0) is 58.3 Å². The van der Waals surface area contributed by atoms with Gasteiger partial charge in [0.15, 0.2) is 0 Å². The molecule has 1 aromatic heterocycles. The summed E-state index contributed by atoms with van der Waals surface area (Å²) in [7, 11) is -1.61. The van der Waals surface area contributed by atoms with Gasteiger partial charge in [0.2, 0.25) is 0 Å². The van der Waals surface area contributed by atoms with Gasteiger partial charge in [-0.25, -0.2) is 0 Å². The van der Waals surface area contributed by atoms with Crippen molar-refractivity contribution in [2.75, 3.05) is 31.4 Å². The van der Waals surface area contributed by atoms with Crippen LogP contribution in [-0.4, -0.2) is 44.4 Å². The van der Waals surface area contributed by atoms with Crippen LogP contribution in [0.5, 0.6) is 0 Å². The van der Waals surface area contributed by atoms with Crippen molar-refractivity contribution >= 4 is 15.9 Å². The lowest BCUT2D eigenvalue weighted by atomic mass is 10.00. The molecule has 0 saturated carbocycles. The molecule has 7 heteroatoms. The van der Waals surface area contributed by atoms with E-state index in [1.54, 1.807) is 6.07 Å². The molecule has 2 N–H and O–H groups in total. The van der Waals surface area contributed by atoms with Gasteiger partial charge in [0, 0.05) is 18.8 Å². The van der Waals surface area contributed by atoms with Crippen molar-refractivity contribution in [3.8, 4) is 0 Å². The van der Waals surface area contributed by atoms with Crippen LogP contribution < -0.4 is 10.0 Å². The second kappa shape index (κ2) is 6.72. The Kier molecular flexibility index (Phi) is 5.18. The predicted octanol–water partition coefficient (Wildman–Crippen LogP) is 1.29. The molecule has 0 amide bonds. The molecular formula is C14H24N4O2S. The molecule has 0 aromatic carbocycles. The van der Waals surface area contributed by atoms with E-state index in [0.717, 1.165) is 25.1 Å². The minimum atomic E-state index is -3.51. The molecule has 21 heavy (non-hydrogen) atoms. The van der Waals surface area contributed by atoms with Gasteiger partial charge in [0.1, 0.15) is 0 Å². The minimum Gasteiger partial charge on any atom is -0.319 e. The molecule has 2 rings (SSSR count). The summed E-state index contributed by atoms with van der Waals surface area (Å²) in [5.74, 6) is 0.373. The van der Waals surface area contributed by atoms with E-state index >= 15 is 0 Å². The molecular weight excluding hydrogens is 288 g/mol. The fourth-order valence-electron chi connectivity index (χ4n) is 2.70. The zero-order chi connectivity index (χ0) is 15.5. The molecule has 0 radical (unpaired) electrons. The zero-order valence-corrected chi connectivity index (χ0v) is 13.7. The standard InChI is InChI=1S/C14H24N4O2S/c1-11-6-7-14(12(2)16-11)17-21(19,20)18-8-4-5-13(10-18)9-15-3/h6-7,13,15,17H,4-5,8-10H2,1-3H3.